The third kappa shape index (κ3) is 2.61. The Balaban J connectivity index is 1.70. The maximum absolute atomic E-state index is 5.90. The van der Waals surface area contributed by atoms with Crippen LogP contribution in [0.25, 0.3) is 0 Å². The van der Waals surface area contributed by atoms with Gasteiger partial charge in [-0.05, 0) is 12.8 Å². The van der Waals surface area contributed by atoms with E-state index in [1.54, 1.807) is 0 Å². The number of guanidine groups is 1. The summed E-state index contributed by atoms with van der Waals surface area (Å²) in [6.07, 6.45) is 8.16. The molecule has 2 atom stereocenters. The summed E-state index contributed by atoms with van der Waals surface area (Å²) in [5.74, 6) is 0.185. The molecular formula is C10H19N3O. The SMILES string of the molecule is NC(N)=N[C@@H]1C[C@H]1OC1CCCCC1. The highest BCUT2D eigenvalue weighted by Crippen LogP contribution is 2.33. The summed E-state index contributed by atoms with van der Waals surface area (Å²) >= 11 is 0. The highest BCUT2D eigenvalue weighted by atomic mass is 16.5. The van der Waals surface area contributed by atoms with Crippen LogP contribution < -0.4 is 11.5 Å². The second kappa shape index (κ2) is 4.17. The van der Waals surface area contributed by atoms with Gasteiger partial charge in [0, 0.05) is 6.42 Å². The summed E-state index contributed by atoms with van der Waals surface area (Å²) in [6, 6.07) is 0.238. The Bertz CT molecular complexity index is 219. The minimum absolute atomic E-state index is 0.185. The lowest BCUT2D eigenvalue weighted by Crippen LogP contribution is -2.24. The van der Waals surface area contributed by atoms with Crippen LogP contribution in [0.15, 0.2) is 4.99 Å². The van der Waals surface area contributed by atoms with Gasteiger partial charge in [-0.1, -0.05) is 19.3 Å². The molecule has 0 spiro atoms. The second-order valence-corrected chi connectivity index (χ2v) is 4.29. The third-order valence-electron chi connectivity index (χ3n) is 2.93. The lowest BCUT2D eigenvalue weighted by atomic mass is 9.98. The van der Waals surface area contributed by atoms with E-state index >= 15 is 0 Å². The van der Waals surface area contributed by atoms with Gasteiger partial charge in [-0.15, -0.1) is 0 Å². The summed E-state index contributed by atoms with van der Waals surface area (Å²) in [7, 11) is 0. The van der Waals surface area contributed by atoms with Crippen molar-refractivity contribution in [1.29, 1.82) is 0 Å². The van der Waals surface area contributed by atoms with Crippen LogP contribution >= 0.6 is 0 Å². The molecule has 4 N–H and O–H groups in total. The van der Waals surface area contributed by atoms with Crippen LogP contribution in [-0.4, -0.2) is 24.2 Å². The van der Waals surface area contributed by atoms with Gasteiger partial charge in [0.2, 0.25) is 0 Å². The fourth-order valence-corrected chi connectivity index (χ4v) is 2.08. The maximum atomic E-state index is 5.90. The van der Waals surface area contributed by atoms with Gasteiger partial charge in [-0.25, -0.2) is 4.99 Å². The number of nitrogens with two attached hydrogens (primary N) is 2. The van der Waals surface area contributed by atoms with Gasteiger partial charge in [0.15, 0.2) is 5.96 Å². The Kier molecular flexibility index (Phi) is 2.91. The first-order valence-corrected chi connectivity index (χ1v) is 5.50. The van der Waals surface area contributed by atoms with Crippen molar-refractivity contribution in [3.05, 3.63) is 0 Å². The van der Waals surface area contributed by atoms with E-state index < -0.39 is 0 Å². The van der Waals surface area contributed by atoms with Crippen molar-refractivity contribution in [2.75, 3.05) is 0 Å². The van der Waals surface area contributed by atoms with E-state index in [2.05, 4.69) is 4.99 Å². The molecule has 2 rings (SSSR count). The van der Waals surface area contributed by atoms with E-state index in [9.17, 15) is 0 Å². The summed E-state index contributed by atoms with van der Waals surface area (Å²) in [5.41, 5.74) is 10.6. The molecule has 2 aliphatic rings. The number of ether oxygens (including phenoxy) is 1. The largest absolute Gasteiger partial charge is 0.373 e. The van der Waals surface area contributed by atoms with Gasteiger partial charge < -0.3 is 16.2 Å². The van der Waals surface area contributed by atoms with Gasteiger partial charge in [-0.2, -0.15) is 0 Å². The first-order valence-electron chi connectivity index (χ1n) is 5.50. The first kappa shape index (κ1) is 9.77. The highest BCUT2D eigenvalue weighted by Gasteiger charge is 2.40. The van der Waals surface area contributed by atoms with E-state index in [-0.39, 0.29) is 12.0 Å². The van der Waals surface area contributed by atoms with Crippen LogP contribution in [0.4, 0.5) is 0 Å². The van der Waals surface area contributed by atoms with Crippen LogP contribution in [0.2, 0.25) is 0 Å². The van der Waals surface area contributed by atoms with Gasteiger partial charge >= 0.3 is 0 Å². The molecule has 0 amide bonds. The molecule has 0 aromatic rings. The summed E-state index contributed by atoms with van der Waals surface area (Å²) < 4.78 is 5.90. The predicted octanol–water partition coefficient (Wildman–Crippen LogP) is 0.750. The number of hydrogen-bond donors (Lipinski definition) is 2. The number of aliphatic imine (C=N–C) groups is 1. The predicted molar refractivity (Wildman–Crippen MR) is 56.0 cm³/mol. The van der Waals surface area contributed by atoms with E-state index in [0.29, 0.717) is 12.2 Å². The minimum atomic E-state index is 0.185. The lowest BCUT2D eigenvalue weighted by Gasteiger charge is -2.21. The summed E-state index contributed by atoms with van der Waals surface area (Å²) in [4.78, 5) is 4.08. The highest BCUT2D eigenvalue weighted by molar-refractivity contribution is 5.76. The van der Waals surface area contributed by atoms with Crippen molar-refractivity contribution in [3.8, 4) is 0 Å². The number of nitrogens with zero attached hydrogens (tertiary/aromatic N) is 1. The molecule has 0 saturated heterocycles. The van der Waals surface area contributed by atoms with Crippen LogP contribution in [0.1, 0.15) is 38.5 Å². The Hall–Kier alpha value is -0.770. The molecule has 0 aromatic carbocycles. The molecule has 4 nitrogen and oxygen atoms in total. The summed E-state index contributed by atoms with van der Waals surface area (Å²) in [5, 5.41) is 0. The molecular weight excluding hydrogens is 178 g/mol. The van der Waals surface area contributed by atoms with Gasteiger partial charge in [0.05, 0.1) is 18.2 Å². The molecule has 0 bridgehead atoms. The van der Waals surface area contributed by atoms with Crippen molar-refractivity contribution in [1.82, 2.24) is 0 Å². The fraction of sp³-hybridized carbons (Fsp3) is 0.900. The van der Waals surface area contributed by atoms with Gasteiger partial charge in [-0.3, -0.25) is 0 Å². The van der Waals surface area contributed by atoms with Crippen LogP contribution in [0, 0.1) is 0 Å². The zero-order chi connectivity index (χ0) is 9.97. The first-order chi connectivity index (χ1) is 6.75. The Morgan fingerprint density at radius 1 is 1.14 bits per heavy atom. The van der Waals surface area contributed by atoms with Crippen molar-refractivity contribution >= 4 is 5.96 Å². The Labute approximate surface area is 84.7 Å². The molecule has 80 valence electrons. The van der Waals surface area contributed by atoms with E-state index in [0.717, 1.165) is 6.42 Å². The maximum Gasteiger partial charge on any atom is 0.186 e. The Morgan fingerprint density at radius 2 is 1.86 bits per heavy atom. The standard InChI is InChI=1S/C10H19N3O/c11-10(12)13-8-6-9(8)14-7-4-2-1-3-5-7/h7-9H,1-6H2,(H4,11,12,13)/t8-,9-/m1/s1. The normalized spacial score (nSPS) is 32.6. The molecule has 0 radical (unpaired) electrons. The molecule has 4 heteroatoms. The van der Waals surface area contributed by atoms with Crippen LogP contribution in [0.3, 0.4) is 0 Å². The van der Waals surface area contributed by atoms with E-state index in [4.69, 9.17) is 16.2 Å². The van der Waals surface area contributed by atoms with E-state index in [1.165, 1.54) is 32.1 Å². The monoisotopic (exact) mass is 197 g/mol. The summed E-state index contributed by atoms with van der Waals surface area (Å²) in [6.45, 7) is 0. The van der Waals surface area contributed by atoms with Gasteiger partial charge in [0.1, 0.15) is 0 Å². The Morgan fingerprint density at radius 3 is 2.50 bits per heavy atom. The van der Waals surface area contributed by atoms with Crippen LogP contribution in [-0.2, 0) is 4.74 Å². The second-order valence-electron chi connectivity index (χ2n) is 4.29. The topological polar surface area (TPSA) is 73.6 Å². The van der Waals surface area contributed by atoms with Crippen molar-refractivity contribution in [3.63, 3.8) is 0 Å². The van der Waals surface area contributed by atoms with Crippen molar-refractivity contribution < 1.29 is 4.74 Å². The van der Waals surface area contributed by atoms with Gasteiger partial charge in [0.25, 0.3) is 0 Å². The third-order valence-corrected chi connectivity index (χ3v) is 2.93. The molecule has 2 aliphatic carbocycles. The fourth-order valence-electron chi connectivity index (χ4n) is 2.08. The molecule has 0 unspecified atom stereocenters. The molecule has 0 heterocycles. The number of rotatable bonds is 3. The lowest BCUT2D eigenvalue weighted by molar-refractivity contribution is 0.0143. The average Bonchev–Trinajstić information content (AvgIpc) is 2.84. The van der Waals surface area contributed by atoms with Crippen LogP contribution in [0.5, 0.6) is 0 Å². The molecule has 2 fully saturated rings. The average molecular weight is 197 g/mol. The zero-order valence-electron chi connectivity index (χ0n) is 8.48. The van der Waals surface area contributed by atoms with Crippen molar-refractivity contribution in [2.45, 2.75) is 56.8 Å². The molecule has 0 aromatic heterocycles. The molecule has 14 heavy (non-hydrogen) atoms. The van der Waals surface area contributed by atoms with E-state index in [1.807, 2.05) is 0 Å². The van der Waals surface area contributed by atoms with Crippen molar-refractivity contribution in [2.24, 2.45) is 16.5 Å². The minimum Gasteiger partial charge on any atom is -0.373 e. The molecule has 0 aliphatic heterocycles. The smallest absolute Gasteiger partial charge is 0.186 e. The molecule has 2 saturated carbocycles. The number of hydrogen-bond acceptors (Lipinski definition) is 2. The zero-order valence-corrected chi connectivity index (χ0v) is 8.48. The quantitative estimate of drug-likeness (QED) is 0.518.